The largest absolute Gasteiger partial charge is 0.465 e. The topological polar surface area (TPSA) is 87.2 Å². The van der Waals surface area contributed by atoms with Gasteiger partial charge in [0, 0.05) is 17.0 Å². The van der Waals surface area contributed by atoms with Gasteiger partial charge in [0.25, 0.3) is 5.91 Å². The van der Waals surface area contributed by atoms with Crippen LogP contribution < -0.4 is 4.90 Å². The van der Waals surface area contributed by atoms with E-state index >= 15 is 0 Å². The van der Waals surface area contributed by atoms with Crippen molar-refractivity contribution in [3.8, 4) is 0 Å². The van der Waals surface area contributed by atoms with E-state index < -0.39 is 33.4 Å². The van der Waals surface area contributed by atoms with Crippen LogP contribution >= 0.6 is 11.8 Å². The fraction of sp³-hybridized carbons (Fsp3) is 0.552. The maximum Gasteiger partial charge on any atom is 0.311 e. The molecule has 4 aliphatic heterocycles. The molecule has 4 heterocycles. The molecule has 0 bridgehead atoms. The number of carbonyl (C=O) groups is 3. The van der Waals surface area contributed by atoms with Gasteiger partial charge in [0.05, 0.1) is 35.8 Å². The SMILES string of the molecule is CC[C@@H](CO)N1C(=O)[C@@H]2[C@H]3C(=O)OCCC/C=C\[C@@]3(C)S[C@@]23C=CCN(c2cc(C)ccc2C)C(=O)C13. The van der Waals surface area contributed by atoms with Crippen molar-refractivity contribution < 1.29 is 24.2 Å². The molecule has 1 unspecified atom stereocenters. The highest BCUT2D eigenvalue weighted by Crippen LogP contribution is 2.65. The van der Waals surface area contributed by atoms with E-state index in [1.807, 2.05) is 64.1 Å². The van der Waals surface area contributed by atoms with Crippen LogP contribution in [0.1, 0.15) is 44.2 Å². The molecule has 1 aromatic carbocycles. The van der Waals surface area contributed by atoms with Crippen LogP contribution in [0, 0.1) is 25.7 Å². The standard InChI is InChI=1S/C29H36N2O5S/c1-5-20(17-32)31-24-26(34)30(21-16-18(2)10-11-19(21)3)14-9-13-29(24)22(25(31)33)23-27(35)36-15-8-6-7-12-28(23,4)37-29/h7,9-13,16,20,22-24,32H,5-6,8,14-15,17H2,1-4H3/b12-7-/t20-,22-,23-,24?,28+,29-/m0/s1. The van der Waals surface area contributed by atoms with Crippen molar-refractivity contribution in [2.45, 2.75) is 68.5 Å². The van der Waals surface area contributed by atoms with Gasteiger partial charge in [-0.25, -0.2) is 0 Å². The number of ether oxygens (including phenoxy) is 1. The molecule has 5 rings (SSSR count). The number of allylic oxidation sites excluding steroid dienone is 1. The molecule has 0 aromatic heterocycles. The molecule has 37 heavy (non-hydrogen) atoms. The summed E-state index contributed by atoms with van der Waals surface area (Å²) in [5, 5.41) is 10.3. The summed E-state index contributed by atoms with van der Waals surface area (Å²) in [7, 11) is 0. The molecule has 0 saturated carbocycles. The number of hydrogen-bond acceptors (Lipinski definition) is 6. The van der Waals surface area contributed by atoms with Gasteiger partial charge in [0.15, 0.2) is 0 Å². The Bertz CT molecular complexity index is 1180. The predicted octanol–water partition coefficient (Wildman–Crippen LogP) is 3.56. The number of rotatable bonds is 4. The lowest BCUT2D eigenvalue weighted by molar-refractivity contribution is -0.154. The number of aryl methyl sites for hydroxylation is 2. The third-order valence-electron chi connectivity index (χ3n) is 8.42. The molecule has 198 valence electrons. The lowest BCUT2D eigenvalue weighted by Gasteiger charge is -2.39. The molecule has 0 radical (unpaired) electrons. The van der Waals surface area contributed by atoms with Gasteiger partial charge in [-0.15, -0.1) is 11.8 Å². The molecular weight excluding hydrogens is 488 g/mol. The van der Waals surface area contributed by atoms with Crippen LogP contribution in [0.5, 0.6) is 0 Å². The zero-order valence-corrected chi connectivity index (χ0v) is 22.8. The fourth-order valence-corrected chi connectivity index (χ4v) is 8.75. The first-order chi connectivity index (χ1) is 17.7. The van der Waals surface area contributed by atoms with Crippen molar-refractivity contribution in [1.82, 2.24) is 4.90 Å². The smallest absolute Gasteiger partial charge is 0.311 e. The first-order valence-electron chi connectivity index (χ1n) is 13.2. The molecule has 2 fully saturated rings. The number of cyclic esters (lactones) is 1. The summed E-state index contributed by atoms with van der Waals surface area (Å²) in [6.07, 6.45) is 10.1. The molecule has 1 aromatic rings. The summed E-state index contributed by atoms with van der Waals surface area (Å²) in [5.74, 6) is -2.31. The number of aliphatic hydroxyl groups is 1. The fourth-order valence-electron chi connectivity index (χ4n) is 6.61. The molecule has 1 N–H and O–H groups in total. The van der Waals surface area contributed by atoms with Gasteiger partial charge in [-0.1, -0.05) is 43.4 Å². The minimum Gasteiger partial charge on any atom is -0.465 e. The predicted molar refractivity (Wildman–Crippen MR) is 144 cm³/mol. The monoisotopic (exact) mass is 524 g/mol. The van der Waals surface area contributed by atoms with Gasteiger partial charge in [-0.2, -0.15) is 0 Å². The van der Waals surface area contributed by atoms with Gasteiger partial charge in [0.2, 0.25) is 5.91 Å². The van der Waals surface area contributed by atoms with Crippen LogP contribution in [-0.4, -0.2) is 69.1 Å². The number of hydrogen-bond donors (Lipinski definition) is 1. The Hall–Kier alpha value is -2.58. The number of esters is 1. The third-order valence-corrected chi connectivity index (χ3v) is 10.2. The van der Waals surface area contributed by atoms with Crippen LogP contribution in [0.25, 0.3) is 0 Å². The van der Waals surface area contributed by atoms with Gasteiger partial charge in [-0.05, 0) is 57.2 Å². The molecule has 0 aliphatic carbocycles. The highest BCUT2D eigenvalue weighted by Gasteiger charge is 2.74. The van der Waals surface area contributed by atoms with Gasteiger partial charge in [0.1, 0.15) is 6.04 Å². The van der Waals surface area contributed by atoms with E-state index in [-0.39, 0.29) is 24.4 Å². The van der Waals surface area contributed by atoms with E-state index in [1.165, 1.54) is 11.8 Å². The summed E-state index contributed by atoms with van der Waals surface area (Å²) >= 11 is 1.54. The van der Waals surface area contributed by atoms with Crippen molar-refractivity contribution in [1.29, 1.82) is 0 Å². The minimum atomic E-state index is -0.953. The average molecular weight is 525 g/mol. The number of benzene rings is 1. The highest BCUT2D eigenvalue weighted by atomic mass is 32.2. The van der Waals surface area contributed by atoms with E-state index in [0.29, 0.717) is 19.6 Å². The number of fused-ring (bicyclic) bond motifs is 2. The summed E-state index contributed by atoms with van der Waals surface area (Å²) < 4.78 is 4.01. The summed E-state index contributed by atoms with van der Waals surface area (Å²) in [6.45, 7) is 8.29. The van der Waals surface area contributed by atoms with Crippen LogP contribution in [0.15, 0.2) is 42.5 Å². The Balaban J connectivity index is 1.69. The third kappa shape index (κ3) is 3.95. The van der Waals surface area contributed by atoms with Crippen molar-refractivity contribution in [2.75, 3.05) is 24.7 Å². The normalized spacial score (nSPS) is 35.1. The minimum absolute atomic E-state index is 0.179. The molecule has 8 heteroatoms. The Labute approximate surface area is 222 Å². The van der Waals surface area contributed by atoms with Crippen molar-refractivity contribution >= 4 is 35.2 Å². The molecule has 7 nitrogen and oxygen atoms in total. The highest BCUT2D eigenvalue weighted by molar-refractivity contribution is 8.02. The second-order valence-corrected chi connectivity index (χ2v) is 12.6. The Morgan fingerprint density at radius 1 is 1.14 bits per heavy atom. The molecule has 1 spiro atoms. The average Bonchev–Trinajstić information content (AvgIpc) is 3.21. The van der Waals surface area contributed by atoms with Crippen molar-refractivity contribution in [3.63, 3.8) is 0 Å². The summed E-state index contributed by atoms with van der Waals surface area (Å²) in [4.78, 5) is 45.7. The zero-order valence-electron chi connectivity index (χ0n) is 22.0. The van der Waals surface area contributed by atoms with Gasteiger partial charge >= 0.3 is 5.97 Å². The molecule has 6 atom stereocenters. The van der Waals surface area contributed by atoms with E-state index in [1.54, 1.807) is 9.80 Å². The molecule has 2 amide bonds. The van der Waals surface area contributed by atoms with Crippen LogP contribution in [0.3, 0.4) is 0 Å². The lowest BCUT2D eigenvalue weighted by atomic mass is 9.74. The van der Waals surface area contributed by atoms with Crippen LogP contribution in [0.4, 0.5) is 5.69 Å². The quantitative estimate of drug-likeness (QED) is 0.479. The van der Waals surface area contributed by atoms with E-state index in [9.17, 15) is 19.5 Å². The molecular formula is C29H36N2O5S. The number of anilines is 1. The number of carbonyl (C=O) groups excluding carboxylic acids is 3. The maximum absolute atomic E-state index is 14.6. The Morgan fingerprint density at radius 3 is 2.65 bits per heavy atom. The number of likely N-dealkylation sites (tertiary alicyclic amines) is 1. The van der Waals surface area contributed by atoms with Crippen LogP contribution in [-0.2, 0) is 19.1 Å². The van der Waals surface area contributed by atoms with E-state index in [2.05, 4.69) is 6.08 Å². The van der Waals surface area contributed by atoms with Crippen molar-refractivity contribution in [3.05, 3.63) is 53.6 Å². The number of amides is 2. The molecule has 4 aliphatic rings. The summed E-state index contributed by atoms with van der Waals surface area (Å²) in [6, 6.07) is 4.65. The van der Waals surface area contributed by atoms with Crippen LogP contribution in [0.2, 0.25) is 0 Å². The van der Waals surface area contributed by atoms with Crippen molar-refractivity contribution in [2.24, 2.45) is 11.8 Å². The first kappa shape index (κ1) is 26.0. The lowest BCUT2D eigenvalue weighted by Crippen LogP contribution is -2.57. The van der Waals surface area contributed by atoms with Gasteiger partial charge < -0.3 is 19.6 Å². The number of thioether (sulfide) groups is 1. The van der Waals surface area contributed by atoms with Gasteiger partial charge in [-0.3, -0.25) is 14.4 Å². The first-order valence-corrected chi connectivity index (χ1v) is 14.0. The van der Waals surface area contributed by atoms with E-state index in [4.69, 9.17) is 4.74 Å². The zero-order chi connectivity index (χ0) is 26.5. The second-order valence-electron chi connectivity index (χ2n) is 10.8. The van der Waals surface area contributed by atoms with E-state index in [0.717, 1.165) is 29.7 Å². The maximum atomic E-state index is 14.6. The number of aliphatic hydroxyl groups excluding tert-OH is 1. The number of nitrogens with zero attached hydrogens (tertiary/aromatic N) is 2. The Morgan fingerprint density at radius 2 is 1.92 bits per heavy atom. The second kappa shape index (κ2) is 9.62. The Kier molecular flexibility index (Phi) is 6.77. The molecule has 2 saturated heterocycles. The summed E-state index contributed by atoms with van der Waals surface area (Å²) in [5.41, 5.74) is 2.83.